The van der Waals surface area contributed by atoms with Crippen LogP contribution in [0.15, 0.2) is 0 Å². The van der Waals surface area contributed by atoms with Crippen molar-refractivity contribution in [1.29, 1.82) is 0 Å². The van der Waals surface area contributed by atoms with Crippen molar-refractivity contribution in [3.8, 4) is 0 Å². The predicted octanol–water partition coefficient (Wildman–Crippen LogP) is 5.47. The first kappa shape index (κ1) is 9.99. The van der Waals surface area contributed by atoms with Crippen LogP contribution >= 0.6 is 0 Å². The third kappa shape index (κ3) is 7.14. The first-order valence-electron chi connectivity index (χ1n) is 7.93. The van der Waals surface area contributed by atoms with Gasteiger partial charge in [-0.3, -0.25) is 0 Å². The Labute approximate surface area is 100.0 Å². The van der Waals surface area contributed by atoms with Crippen LogP contribution in [0.1, 0.15) is 63.4 Å². The molecule has 0 saturated carbocycles. The van der Waals surface area contributed by atoms with E-state index in [4.69, 9.17) is 4.11 Å². The molecule has 0 nitrogen and oxygen atoms in total. The molecule has 0 fully saturated rings. The van der Waals surface area contributed by atoms with Crippen molar-refractivity contribution in [2.45, 2.75) is 77.5 Å². The molecule has 1 heteroatoms. The van der Waals surface area contributed by atoms with E-state index in [2.05, 4.69) is 20.8 Å². The summed E-state index contributed by atoms with van der Waals surface area (Å²) in [5, 5.41) is 0. The number of rotatable bonds is 9. The molecule has 0 heterocycles. The van der Waals surface area contributed by atoms with E-state index < -0.39 is 23.2 Å². The Bertz CT molecular complexity index is 168. The van der Waals surface area contributed by atoms with Crippen LogP contribution in [0.5, 0.6) is 0 Å². The second-order valence-electron chi connectivity index (χ2n) is 4.59. The van der Waals surface area contributed by atoms with Crippen molar-refractivity contribution >= 4 is 18.4 Å². The molecule has 0 unspecified atom stereocenters. The third-order valence-electron chi connectivity index (χ3n) is 3.03. The van der Waals surface area contributed by atoms with Gasteiger partial charge in [0, 0.05) is 0 Å². The van der Waals surface area contributed by atoms with Gasteiger partial charge in [0.15, 0.2) is 0 Å². The monoisotopic (exact) mass is 309 g/mol. The molecular weight excluding hydrogens is 275 g/mol. The van der Waals surface area contributed by atoms with Gasteiger partial charge in [-0.15, -0.1) is 0 Å². The molecule has 0 aliphatic rings. The summed E-state index contributed by atoms with van der Waals surface area (Å²) in [6.07, 6.45) is 6.86. The molecule has 0 spiro atoms. The van der Waals surface area contributed by atoms with Gasteiger partial charge in [-0.25, -0.2) is 0 Å². The van der Waals surface area contributed by atoms with Crippen LogP contribution in [0.25, 0.3) is 0 Å². The fourth-order valence-corrected chi connectivity index (χ4v) is 12.9. The minimum atomic E-state index is -2.91. The zero-order valence-corrected chi connectivity index (χ0v) is 13.2. The molecule has 0 rings (SSSR count). The SMILES string of the molecule is [2H][C]([2H])([2H])[Sn]([CH2]CCC)([CH2]CCC)[CH2]CCC. The normalized spacial score (nSPS) is 16.1. The summed E-state index contributed by atoms with van der Waals surface area (Å²) < 4.78 is 27.3. The molecule has 0 aliphatic carbocycles. The quantitative estimate of drug-likeness (QED) is 0.496. The Morgan fingerprint density at radius 1 is 0.786 bits per heavy atom. The Morgan fingerprint density at radius 2 is 1.14 bits per heavy atom. The Hall–Kier alpha value is 0.799. The van der Waals surface area contributed by atoms with Crippen molar-refractivity contribution in [1.82, 2.24) is 0 Å². The predicted molar refractivity (Wildman–Crippen MR) is 70.8 cm³/mol. The van der Waals surface area contributed by atoms with E-state index in [1.165, 1.54) is 0 Å². The Morgan fingerprint density at radius 3 is 1.36 bits per heavy atom. The zero-order valence-electron chi connectivity index (χ0n) is 13.4. The molecule has 0 aliphatic heterocycles. The Balaban J connectivity index is 4.78. The molecule has 0 aromatic carbocycles. The zero-order chi connectivity index (χ0) is 13.4. The van der Waals surface area contributed by atoms with Crippen LogP contribution in [0, 0.1) is 0 Å². The van der Waals surface area contributed by atoms with Gasteiger partial charge in [-0.05, 0) is 0 Å². The van der Waals surface area contributed by atoms with Crippen LogP contribution in [-0.2, 0) is 0 Å². The molecular formula is C13H30Sn. The van der Waals surface area contributed by atoms with Gasteiger partial charge in [-0.2, -0.15) is 0 Å². The number of unbranched alkanes of at least 4 members (excludes halogenated alkanes) is 3. The van der Waals surface area contributed by atoms with E-state index in [0.717, 1.165) is 51.8 Å². The van der Waals surface area contributed by atoms with Gasteiger partial charge in [-0.1, -0.05) is 0 Å². The number of hydrogen-bond donors (Lipinski definition) is 0. The van der Waals surface area contributed by atoms with E-state index in [1.807, 2.05) is 0 Å². The van der Waals surface area contributed by atoms with E-state index >= 15 is 0 Å². The van der Waals surface area contributed by atoms with Gasteiger partial charge in [0.2, 0.25) is 0 Å². The third-order valence-corrected chi connectivity index (χ3v) is 14.2. The second-order valence-corrected chi connectivity index (χ2v) is 16.2. The topological polar surface area (TPSA) is 0 Å². The standard InChI is InChI=1S/3C4H9.CH3.Sn/c3*1-3-4-2;;/h3*1,3-4H2,2H3;1H3;/i;;;1D3;. The Kier molecular flexibility index (Phi) is 6.46. The molecule has 0 radical (unpaired) electrons. The molecule has 0 amide bonds. The van der Waals surface area contributed by atoms with Crippen LogP contribution in [-0.4, -0.2) is 18.4 Å². The summed E-state index contributed by atoms with van der Waals surface area (Å²) >= 11 is -2.91. The minimum absolute atomic E-state index is 1.08. The average molecular weight is 308 g/mol. The fraction of sp³-hybridized carbons (Fsp3) is 1.00. The molecule has 0 saturated heterocycles. The van der Waals surface area contributed by atoms with Gasteiger partial charge >= 0.3 is 100.0 Å². The van der Waals surface area contributed by atoms with Crippen molar-refractivity contribution in [2.24, 2.45) is 0 Å². The van der Waals surface area contributed by atoms with Crippen molar-refractivity contribution in [3.63, 3.8) is 0 Å². The van der Waals surface area contributed by atoms with Gasteiger partial charge < -0.3 is 0 Å². The van der Waals surface area contributed by atoms with Crippen molar-refractivity contribution in [2.75, 3.05) is 0 Å². The molecule has 0 bridgehead atoms. The van der Waals surface area contributed by atoms with Crippen LogP contribution in [0.4, 0.5) is 0 Å². The number of hydrogen-bond acceptors (Lipinski definition) is 0. The summed E-state index contributed by atoms with van der Waals surface area (Å²) in [5.74, 6) is 0. The summed E-state index contributed by atoms with van der Waals surface area (Å²) in [6.45, 7) is 6.53. The first-order valence-corrected chi connectivity index (χ1v) is 13.9. The van der Waals surface area contributed by atoms with E-state index in [9.17, 15) is 0 Å². The molecule has 0 aromatic heterocycles. The van der Waals surface area contributed by atoms with Crippen LogP contribution < -0.4 is 0 Å². The molecule has 0 atom stereocenters. The van der Waals surface area contributed by atoms with Gasteiger partial charge in [0.25, 0.3) is 0 Å². The van der Waals surface area contributed by atoms with E-state index in [-0.39, 0.29) is 0 Å². The fourth-order valence-electron chi connectivity index (χ4n) is 1.92. The van der Waals surface area contributed by atoms with Gasteiger partial charge in [0.1, 0.15) is 0 Å². The van der Waals surface area contributed by atoms with E-state index in [0.29, 0.717) is 0 Å². The van der Waals surface area contributed by atoms with Crippen LogP contribution in [0.2, 0.25) is 18.2 Å². The summed E-state index contributed by atoms with van der Waals surface area (Å²) in [7, 11) is 0. The average Bonchev–Trinajstić information content (AvgIpc) is 2.27. The molecule has 0 N–H and O–H groups in total. The summed E-state index contributed by atoms with van der Waals surface area (Å²) in [6, 6.07) is 0. The summed E-state index contributed by atoms with van der Waals surface area (Å²) in [5.41, 5.74) is 0. The first-order chi connectivity index (χ1) is 7.93. The maximum absolute atomic E-state index is 8.00. The summed E-state index contributed by atoms with van der Waals surface area (Å²) in [4.78, 5) is -1.58. The van der Waals surface area contributed by atoms with Gasteiger partial charge in [0.05, 0.1) is 0 Å². The van der Waals surface area contributed by atoms with Crippen LogP contribution in [0.3, 0.4) is 0 Å². The van der Waals surface area contributed by atoms with E-state index in [1.54, 1.807) is 0 Å². The molecule has 0 aromatic rings. The molecule has 14 heavy (non-hydrogen) atoms. The second kappa shape index (κ2) is 9.06. The maximum atomic E-state index is 8.00. The van der Waals surface area contributed by atoms with Crippen molar-refractivity contribution in [3.05, 3.63) is 0 Å². The molecule has 86 valence electrons. The van der Waals surface area contributed by atoms with Crippen molar-refractivity contribution < 1.29 is 4.11 Å².